The van der Waals surface area contributed by atoms with Gasteiger partial charge < -0.3 is 18.9 Å². The molecule has 1 aromatic rings. The van der Waals surface area contributed by atoms with Crippen molar-refractivity contribution in [3.8, 4) is 5.75 Å². The lowest BCUT2D eigenvalue weighted by molar-refractivity contribution is -0.274. The van der Waals surface area contributed by atoms with Gasteiger partial charge in [-0.25, -0.2) is 9.18 Å². The molecule has 0 spiro atoms. The highest BCUT2D eigenvalue weighted by atomic mass is 19.4. The lowest BCUT2D eigenvalue weighted by Gasteiger charge is -2.33. The molecule has 0 saturated carbocycles. The van der Waals surface area contributed by atoms with Crippen LogP contribution in [-0.2, 0) is 19.0 Å². The number of ether oxygens (including phenoxy) is 4. The Balaban J connectivity index is 2.79. The van der Waals surface area contributed by atoms with Crippen LogP contribution in [0.5, 0.6) is 5.75 Å². The van der Waals surface area contributed by atoms with E-state index < -0.39 is 52.6 Å². The number of esters is 1. The van der Waals surface area contributed by atoms with Crippen LogP contribution in [0, 0.1) is 11.6 Å². The van der Waals surface area contributed by atoms with E-state index in [4.69, 9.17) is 18.9 Å². The molecule has 0 bridgehead atoms. The molecule has 1 aromatic carbocycles. The van der Waals surface area contributed by atoms with Crippen molar-refractivity contribution >= 4 is 11.5 Å². The van der Waals surface area contributed by atoms with Gasteiger partial charge in [0.25, 0.3) is 0 Å². The second-order valence-electron chi connectivity index (χ2n) is 5.73. The summed E-state index contributed by atoms with van der Waals surface area (Å²) in [4.78, 5) is 12.2. The maximum atomic E-state index is 14.1. The summed E-state index contributed by atoms with van der Waals surface area (Å²) in [5, 5.41) is 0. The van der Waals surface area contributed by atoms with Crippen molar-refractivity contribution in [1.29, 1.82) is 0 Å². The first-order valence-corrected chi connectivity index (χ1v) is 7.75. The van der Waals surface area contributed by atoms with Gasteiger partial charge in [0.2, 0.25) is 17.2 Å². The van der Waals surface area contributed by atoms with Crippen molar-refractivity contribution in [3.05, 3.63) is 35.1 Å². The monoisotopic (exact) mass is 396 g/mol. The number of carbonyl (C=O) groups is 1. The third-order valence-electron chi connectivity index (χ3n) is 4.12. The highest BCUT2D eigenvalue weighted by Gasteiger charge is 2.65. The van der Waals surface area contributed by atoms with Gasteiger partial charge in [-0.1, -0.05) is 0 Å². The van der Waals surface area contributed by atoms with Gasteiger partial charge >= 0.3 is 12.1 Å². The summed E-state index contributed by atoms with van der Waals surface area (Å²) in [5.41, 5.74) is -3.74. The Morgan fingerprint density at radius 2 is 1.89 bits per heavy atom. The zero-order valence-electron chi connectivity index (χ0n) is 14.9. The maximum Gasteiger partial charge on any atom is 0.430 e. The Bertz CT molecular complexity index is 774. The molecule has 2 rings (SSSR count). The molecule has 0 aliphatic carbocycles. The number of hydrogen-bond acceptors (Lipinski definition) is 5. The van der Waals surface area contributed by atoms with Gasteiger partial charge in [0, 0.05) is 18.2 Å². The average molecular weight is 396 g/mol. The van der Waals surface area contributed by atoms with Gasteiger partial charge in [0.05, 0.1) is 13.7 Å². The maximum absolute atomic E-state index is 14.1. The van der Waals surface area contributed by atoms with Crippen molar-refractivity contribution < 1.29 is 45.7 Å². The van der Waals surface area contributed by atoms with Gasteiger partial charge in [-0.15, -0.1) is 0 Å². The predicted molar refractivity (Wildman–Crippen MR) is 82.8 cm³/mol. The summed E-state index contributed by atoms with van der Waals surface area (Å²) >= 11 is 0. The summed E-state index contributed by atoms with van der Waals surface area (Å²) in [5.74, 6) is -5.41. The van der Waals surface area contributed by atoms with E-state index in [0.29, 0.717) is 13.0 Å². The summed E-state index contributed by atoms with van der Waals surface area (Å²) in [6.07, 6.45) is -6.82. The quantitative estimate of drug-likeness (QED) is 0.562. The molecule has 1 aliphatic heterocycles. The van der Waals surface area contributed by atoms with E-state index in [-0.39, 0.29) is 12.2 Å². The highest BCUT2D eigenvalue weighted by molar-refractivity contribution is 5.99. The van der Waals surface area contributed by atoms with Gasteiger partial charge in [-0.05, 0) is 26.0 Å². The molecule has 0 unspecified atom stereocenters. The van der Waals surface area contributed by atoms with E-state index in [1.807, 2.05) is 0 Å². The summed E-state index contributed by atoms with van der Waals surface area (Å²) < 4.78 is 88.1. The SMILES string of the molecule is CCOC(=O)C1=C(c2ccc(F)c(F)c2OC)[C@H](OC)[C@](C)(C(F)(F)F)O1. The van der Waals surface area contributed by atoms with E-state index in [9.17, 15) is 26.7 Å². The topological polar surface area (TPSA) is 54.0 Å². The zero-order valence-corrected chi connectivity index (χ0v) is 14.9. The second kappa shape index (κ2) is 7.34. The number of halogens is 5. The number of hydrogen-bond donors (Lipinski definition) is 0. The molecule has 0 fully saturated rings. The molecule has 0 saturated heterocycles. The van der Waals surface area contributed by atoms with Crippen LogP contribution in [0.1, 0.15) is 19.4 Å². The number of methoxy groups -OCH3 is 2. The fraction of sp³-hybridized carbons (Fsp3) is 0.471. The molecule has 150 valence electrons. The third kappa shape index (κ3) is 3.33. The van der Waals surface area contributed by atoms with Gasteiger partial charge in [0.15, 0.2) is 11.6 Å². The summed E-state index contributed by atoms with van der Waals surface area (Å²) in [6, 6.07) is 1.67. The number of carbonyl (C=O) groups excluding carboxylic acids is 1. The van der Waals surface area contributed by atoms with Crippen molar-refractivity contribution in [1.82, 2.24) is 0 Å². The van der Waals surface area contributed by atoms with Crippen LogP contribution in [0.2, 0.25) is 0 Å². The highest BCUT2D eigenvalue weighted by Crippen LogP contribution is 2.51. The van der Waals surface area contributed by atoms with E-state index >= 15 is 0 Å². The van der Waals surface area contributed by atoms with Gasteiger partial charge in [0.1, 0.15) is 6.10 Å². The molecule has 0 aromatic heterocycles. The van der Waals surface area contributed by atoms with Crippen molar-refractivity contribution in [2.45, 2.75) is 31.7 Å². The molecule has 0 radical (unpaired) electrons. The largest absolute Gasteiger partial charge is 0.493 e. The van der Waals surface area contributed by atoms with Crippen LogP contribution in [0.25, 0.3) is 5.57 Å². The van der Waals surface area contributed by atoms with Gasteiger partial charge in [-0.2, -0.15) is 17.6 Å². The summed E-state index contributed by atoms with van der Waals surface area (Å²) in [6.45, 7) is 1.98. The average Bonchev–Trinajstić information content (AvgIpc) is 2.91. The van der Waals surface area contributed by atoms with Crippen LogP contribution < -0.4 is 4.74 Å². The molecule has 10 heteroatoms. The molecule has 2 atom stereocenters. The predicted octanol–water partition coefficient (Wildman–Crippen LogP) is 3.61. The first-order chi connectivity index (χ1) is 12.5. The van der Waals surface area contributed by atoms with Crippen molar-refractivity contribution in [2.75, 3.05) is 20.8 Å². The molecular formula is C17H17F5O5. The van der Waals surface area contributed by atoms with E-state index in [1.165, 1.54) is 6.92 Å². The smallest absolute Gasteiger partial charge is 0.430 e. The minimum Gasteiger partial charge on any atom is -0.493 e. The Morgan fingerprint density at radius 3 is 2.37 bits per heavy atom. The Hall–Kier alpha value is -2.36. The van der Waals surface area contributed by atoms with E-state index in [1.54, 1.807) is 0 Å². The third-order valence-corrected chi connectivity index (χ3v) is 4.12. The number of rotatable bonds is 5. The Morgan fingerprint density at radius 1 is 1.26 bits per heavy atom. The minimum atomic E-state index is -4.96. The standard InChI is InChI=1S/C17H17F5O5/c1-5-26-15(23)13-10(8-6-7-9(18)11(19)12(8)24-3)14(25-4)16(2,27-13)17(20,21)22/h6-7,14H,5H2,1-4H3/t14-,16+/m0/s1. The van der Waals surface area contributed by atoms with Crippen LogP contribution in [-0.4, -0.2) is 44.7 Å². The Labute approximate surface area is 151 Å². The van der Waals surface area contributed by atoms with Crippen LogP contribution in [0.4, 0.5) is 22.0 Å². The van der Waals surface area contributed by atoms with Crippen LogP contribution >= 0.6 is 0 Å². The van der Waals surface area contributed by atoms with Gasteiger partial charge in [-0.3, -0.25) is 0 Å². The van der Waals surface area contributed by atoms with E-state index in [0.717, 1.165) is 20.3 Å². The van der Waals surface area contributed by atoms with Crippen molar-refractivity contribution in [3.63, 3.8) is 0 Å². The molecule has 5 nitrogen and oxygen atoms in total. The van der Waals surface area contributed by atoms with Crippen molar-refractivity contribution in [2.24, 2.45) is 0 Å². The molecule has 1 heterocycles. The fourth-order valence-electron chi connectivity index (χ4n) is 2.82. The fourth-order valence-corrected chi connectivity index (χ4v) is 2.82. The molecule has 0 amide bonds. The van der Waals surface area contributed by atoms with E-state index in [2.05, 4.69) is 0 Å². The molecule has 1 aliphatic rings. The first-order valence-electron chi connectivity index (χ1n) is 7.75. The molecular weight excluding hydrogens is 379 g/mol. The molecule has 0 N–H and O–H groups in total. The lowest BCUT2D eigenvalue weighted by atomic mass is 9.89. The normalized spacial score (nSPS) is 22.6. The zero-order chi connectivity index (χ0) is 20.6. The number of alkyl halides is 3. The lowest BCUT2D eigenvalue weighted by Crippen LogP contribution is -2.51. The number of benzene rings is 1. The first kappa shape index (κ1) is 20.9. The Kier molecular flexibility index (Phi) is 5.69. The van der Waals surface area contributed by atoms with Crippen LogP contribution in [0.3, 0.4) is 0 Å². The minimum absolute atomic E-state index is 0.145. The second-order valence-corrected chi connectivity index (χ2v) is 5.73. The summed E-state index contributed by atoms with van der Waals surface area (Å²) in [7, 11) is 1.98. The molecule has 27 heavy (non-hydrogen) atoms. The van der Waals surface area contributed by atoms with Crippen LogP contribution in [0.15, 0.2) is 17.9 Å².